The van der Waals surface area contributed by atoms with Gasteiger partial charge in [0, 0.05) is 24.2 Å². The second-order valence-electron chi connectivity index (χ2n) is 8.99. The molecule has 8 nitrogen and oxygen atoms in total. The number of aromatic nitrogens is 3. The van der Waals surface area contributed by atoms with Gasteiger partial charge in [0.25, 0.3) is 15.9 Å². The number of rotatable bonds is 5. The molecule has 1 amide bonds. The lowest BCUT2D eigenvalue weighted by Gasteiger charge is -2.21. The standard InChI is InChI=1S/C25H26N4O4S/c1-25(2,3)16-9-12-22(33-5)23(15-16)34(31,32)28-24(30)21-11-10-18-17(7-6-8-19(18)26-21)20-13-14-29(4)27-20/h6-15H,1-5H3,(H,28,30). The van der Waals surface area contributed by atoms with Crippen LogP contribution in [0.2, 0.25) is 0 Å². The van der Waals surface area contributed by atoms with Gasteiger partial charge in [0.05, 0.1) is 18.3 Å². The van der Waals surface area contributed by atoms with Gasteiger partial charge in [0.15, 0.2) is 0 Å². The summed E-state index contributed by atoms with van der Waals surface area (Å²) in [7, 11) is -0.991. The summed E-state index contributed by atoms with van der Waals surface area (Å²) in [5, 5.41) is 5.24. The fourth-order valence-corrected chi connectivity index (χ4v) is 4.80. The maximum absolute atomic E-state index is 13.1. The molecule has 0 aliphatic rings. The Kier molecular flexibility index (Phi) is 5.91. The second-order valence-corrected chi connectivity index (χ2v) is 10.6. The molecule has 0 bridgehead atoms. The van der Waals surface area contributed by atoms with Gasteiger partial charge >= 0.3 is 0 Å². The van der Waals surface area contributed by atoms with Crippen molar-refractivity contribution in [2.75, 3.05) is 7.11 Å². The third-order valence-electron chi connectivity index (χ3n) is 5.50. The highest BCUT2D eigenvalue weighted by Crippen LogP contribution is 2.31. The molecule has 0 aliphatic heterocycles. The molecule has 1 N–H and O–H groups in total. The van der Waals surface area contributed by atoms with Gasteiger partial charge in [-0.15, -0.1) is 0 Å². The zero-order valence-electron chi connectivity index (χ0n) is 19.7. The van der Waals surface area contributed by atoms with E-state index in [1.807, 2.05) is 58.3 Å². The summed E-state index contributed by atoms with van der Waals surface area (Å²) in [6, 6.07) is 15.6. The molecule has 176 valence electrons. The first-order chi connectivity index (χ1) is 16.0. The number of hydrogen-bond acceptors (Lipinski definition) is 6. The van der Waals surface area contributed by atoms with E-state index < -0.39 is 15.9 Å². The average molecular weight is 479 g/mol. The minimum atomic E-state index is -4.21. The van der Waals surface area contributed by atoms with Gasteiger partial charge in [-0.2, -0.15) is 5.10 Å². The molecule has 34 heavy (non-hydrogen) atoms. The van der Waals surface area contributed by atoms with E-state index >= 15 is 0 Å². The number of aryl methyl sites for hydroxylation is 1. The summed E-state index contributed by atoms with van der Waals surface area (Å²) in [5.74, 6) is -0.673. The normalized spacial score (nSPS) is 12.0. The molecule has 2 aromatic heterocycles. The number of sulfonamides is 1. The van der Waals surface area contributed by atoms with Crippen LogP contribution in [0.4, 0.5) is 0 Å². The van der Waals surface area contributed by atoms with Gasteiger partial charge in [-0.3, -0.25) is 9.48 Å². The number of carbonyl (C=O) groups is 1. The third kappa shape index (κ3) is 4.51. The number of fused-ring (bicyclic) bond motifs is 1. The SMILES string of the molecule is COc1ccc(C(C)(C)C)cc1S(=O)(=O)NC(=O)c1ccc2c(-c3ccn(C)n3)cccc2n1. The van der Waals surface area contributed by atoms with Crippen LogP contribution in [0.1, 0.15) is 36.8 Å². The number of nitrogens with one attached hydrogen (secondary N) is 1. The van der Waals surface area contributed by atoms with E-state index in [-0.39, 0.29) is 21.8 Å². The molecule has 0 atom stereocenters. The molecule has 2 heterocycles. The molecule has 9 heteroatoms. The Morgan fingerprint density at radius 1 is 1.06 bits per heavy atom. The number of ether oxygens (including phenoxy) is 1. The predicted octanol–water partition coefficient (Wildman–Crippen LogP) is 4.06. The number of carbonyl (C=O) groups excluding carboxylic acids is 1. The van der Waals surface area contributed by atoms with Crippen molar-refractivity contribution in [1.29, 1.82) is 0 Å². The van der Waals surface area contributed by atoms with Gasteiger partial charge in [-0.1, -0.05) is 39.0 Å². The van der Waals surface area contributed by atoms with E-state index in [1.165, 1.54) is 19.2 Å². The average Bonchev–Trinajstić information content (AvgIpc) is 3.23. The Balaban J connectivity index is 1.68. The molecule has 4 rings (SSSR count). The monoisotopic (exact) mass is 478 g/mol. The van der Waals surface area contributed by atoms with Crippen LogP contribution >= 0.6 is 0 Å². The largest absolute Gasteiger partial charge is 0.495 e. The summed E-state index contributed by atoms with van der Waals surface area (Å²) in [6.45, 7) is 5.92. The van der Waals surface area contributed by atoms with Crippen LogP contribution in [0.3, 0.4) is 0 Å². The summed E-state index contributed by atoms with van der Waals surface area (Å²) in [5.41, 5.74) is 2.70. The molecule has 0 radical (unpaired) electrons. The summed E-state index contributed by atoms with van der Waals surface area (Å²) in [4.78, 5) is 17.2. The maximum Gasteiger partial charge on any atom is 0.283 e. The molecule has 0 spiro atoms. The minimum Gasteiger partial charge on any atom is -0.495 e. The van der Waals surface area contributed by atoms with Crippen molar-refractivity contribution in [1.82, 2.24) is 19.5 Å². The van der Waals surface area contributed by atoms with Crippen molar-refractivity contribution in [3.8, 4) is 17.0 Å². The van der Waals surface area contributed by atoms with Crippen LogP contribution in [-0.2, 0) is 22.5 Å². The third-order valence-corrected chi connectivity index (χ3v) is 6.85. The summed E-state index contributed by atoms with van der Waals surface area (Å²) >= 11 is 0. The summed E-state index contributed by atoms with van der Waals surface area (Å²) < 4.78 is 35.3. The Hall–Kier alpha value is -3.72. The summed E-state index contributed by atoms with van der Waals surface area (Å²) in [6.07, 6.45) is 1.84. The van der Waals surface area contributed by atoms with E-state index in [0.29, 0.717) is 5.52 Å². The zero-order chi connectivity index (χ0) is 24.7. The van der Waals surface area contributed by atoms with Crippen LogP contribution in [0.5, 0.6) is 5.75 Å². The topological polar surface area (TPSA) is 103 Å². The van der Waals surface area contributed by atoms with E-state index in [2.05, 4.69) is 14.8 Å². The number of amides is 1. The minimum absolute atomic E-state index is 0.0137. The molecule has 0 saturated carbocycles. The molecule has 0 unspecified atom stereocenters. The Morgan fingerprint density at radius 2 is 1.82 bits per heavy atom. The van der Waals surface area contributed by atoms with Gasteiger partial charge in [-0.05, 0) is 47.4 Å². The number of hydrogen-bond donors (Lipinski definition) is 1. The highest BCUT2D eigenvalue weighted by atomic mass is 32.2. The Bertz CT molecular complexity index is 1500. The van der Waals surface area contributed by atoms with Crippen LogP contribution in [0, 0.1) is 0 Å². The van der Waals surface area contributed by atoms with Crippen molar-refractivity contribution in [2.24, 2.45) is 7.05 Å². The number of methoxy groups -OCH3 is 1. The van der Waals surface area contributed by atoms with E-state index in [9.17, 15) is 13.2 Å². The van der Waals surface area contributed by atoms with Crippen LogP contribution in [0.15, 0.2) is 65.7 Å². The fraction of sp³-hybridized carbons (Fsp3) is 0.240. The van der Waals surface area contributed by atoms with Gasteiger partial charge in [-0.25, -0.2) is 18.1 Å². The molecular weight excluding hydrogens is 452 g/mol. The van der Waals surface area contributed by atoms with Gasteiger partial charge in [0.2, 0.25) is 0 Å². The first-order valence-corrected chi connectivity index (χ1v) is 12.1. The number of benzene rings is 2. The van der Waals surface area contributed by atoms with Crippen molar-refractivity contribution < 1.29 is 17.9 Å². The van der Waals surface area contributed by atoms with Gasteiger partial charge in [0.1, 0.15) is 16.3 Å². The van der Waals surface area contributed by atoms with Crippen molar-refractivity contribution >= 4 is 26.8 Å². The first kappa shape index (κ1) is 23.4. The fourth-order valence-electron chi connectivity index (χ4n) is 3.65. The molecule has 0 fully saturated rings. The molecular formula is C25H26N4O4S. The van der Waals surface area contributed by atoms with E-state index in [1.54, 1.807) is 22.9 Å². The van der Waals surface area contributed by atoms with Crippen molar-refractivity contribution in [3.05, 3.63) is 72.1 Å². The first-order valence-electron chi connectivity index (χ1n) is 10.6. The lowest BCUT2D eigenvalue weighted by atomic mass is 9.87. The van der Waals surface area contributed by atoms with Crippen molar-refractivity contribution in [3.63, 3.8) is 0 Å². The smallest absolute Gasteiger partial charge is 0.283 e. The lowest BCUT2D eigenvalue weighted by molar-refractivity contribution is 0.0977. The van der Waals surface area contributed by atoms with Crippen LogP contribution < -0.4 is 9.46 Å². The van der Waals surface area contributed by atoms with E-state index in [0.717, 1.165) is 22.2 Å². The maximum atomic E-state index is 13.1. The highest BCUT2D eigenvalue weighted by molar-refractivity contribution is 7.90. The van der Waals surface area contributed by atoms with E-state index in [4.69, 9.17) is 4.74 Å². The molecule has 0 saturated heterocycles. The number of pyridine rings is 1. The molecule has 4 aromatic rings. The van der Waals surface area contributed by atoms with Crippen molar-refractivity contribution in [2.45, 2.75) is 31.1 Å². The Labute approximate surface area is 198 Å². The van der Waals surface area contributed by atoms with Crippen LogP contribution in [-0.4, -0.2) is 36.2 Å². The lowest BCUT2D eigenvalue weighted by Crippen LogP contribution is -2.31. The highest BCUT2D eigenvalue weighted by Gasteiger charge is 2.26. The predicted molar refractivity (Wildman–Crippen MR) is 130 cm³/mol. The number of nitrogens with zero attached hydrogens (tertiary/aromatic N) is 3. The molecule has 2 aromatic carbocycles. The molecule has 0 aliphatic carbocycles. The Morgan fingerprint density at radius 3 is 2.47 bits per heavy atom. The second kappa shape index (κ2) is 8.57. The zero-order valence-corrected chi connectivity index (χ0v) is 20.5. The van der Waals surface area contributed by atoms with Gasteiger partial charge < -0.3 is 4.74 Å². The quantitative estimate of drug-likeness (QED) is 0.464. The van der Waals surface area contributed by atoms with Crippen LogP contribution in [0.25, 0.3) is 22.2 Å².